The van der Waals surface area contributed by atoms with Crippen molar-refractivity contribution >= 4 is 11.6 Å². The topological polar surface area (TPSA) is 111 Å². The van der Waals surface area contributed by atoms with Gasteiger partial charge in [-0.05, 0) is 0 Å². The fraction of sp³-hybridized carbons (Fsp3) is 0.926. The molecule has 0 spiro atoms. The molecule has 0 rings (SSSR count). The molecule has 240 valence electrons. The van der Waals surface area contributed by atoms with Gasteiger partial charge in [0, 0.05) is 5.88 Å². The normalized spacial score (nSPS) is 11.4. The third-order valence-corrected chi connectivity index (χ3v) is 4.70. The van der Waals surface area contributed by atoms with Crippen LogP contribution in [-0.4, -0.2) is 164 Å². The summed E-state index contributed by atoms with van der Waals surface area (Å²) in [7, 11) is 0. The van der Waals surface area contributed by atoms with Gasteiger partial charge < -0.3 is 56.8 Å². The lowest BCUT2D eigenvalue weighted by Crippen LogP contribution is -2.15. The van der Waals surface area contributed by atoms with Gasteiger partial charge in [0.15, 0.2) is 0 Å². The minimum atomic E-state index is 0.498. The first-order chi connectivity index (χ1) is 19.9. The second-order valence-electron chi connectivity index (χ2n) is 7.79. The van der Waals surface area contributed by atoms with Gasteiger partial charge in [0.25, 0.3) is 0 Å². The van der Waals surface area contributed by atoms with E-state index in [-0.39, 0.29) is 0 Å². The Bertz CT molecular complexity index is 465. The summed E-state index contributed by atoms with van der Waals surface area (Å²) in [6, 6.07) is 0. The van der Waals surface area contributed by atoms with E-state index in [1.165, 1.54) is 0 Å². The van der Waals surface area contributed by atoms with Crippen molar-refractivity contribution in [2.45, 2.75) is 0 Å². The molecule has 0 atom stereocenters. The van der Waals surface area contributed by atoms with Crippen molar-refractivity contribution in [3.05, 3.63) is 12.7 Å². The summed E-state index contributed by atoms with van der Waals surface area (Å²) in [6.45, 7) is 16.2. The molecule has 0 amide bonds. The van der Waals surface area contributed by atoms with E-state index >= 15 is 0 Å². The molecule has 0 aromatic carbocycles. The number of rotatable bonds is 37. The Morgan fingerprint density at radius 2 is 0.475 bits per heavy atom. The minimum absolute atomic E-state index is 0.498. The van der Waals surface area contributed by atoms with Gasteiger partial charge in [0.05, 0.1) is 159 Å². The van der Waals surface area contributed by atoms with Crippen LogP contribution in [-0.2, 0) is 56.8 Å². The molecule has 0 unspecified atom stereocenters. The van der Waals surface area contributed by atoms with Crippen LogP contribution in [0.3, 0.4) is 0 Å². The van der Waals surface area contributed by atoms with Crippen molar-refractivity contribution in [3.63, 3.8) is 0 Å². The first-order valence-electron chi connectivity index (χ1n) is 14.0. The van der Waals surface area contributed by atoms with Crippen molar-refractivity contribution in [3.8, 4) is 0 Å². The van der Waals surface area contributed by atoms with Crippen LogP contribution in [0, 0.1) is 0 Å². The number of hydrogen-bond donors (Lipinski definition) is 0. The van der Waals surface area contributed by atoms with E-state index in [0.29, 0.717) is 164 Å². The fourth-order valence-electron chi connectivity index (χ4n) is 2.64. The average Bonchev–Trinajstić information content (AvgIpc) is 2.97. The molecule has 0 aliphatic heterocycles. The van der Waals surface area contributed by atoms with Crippen molar-refractivity contribution in [1.29, 1.82) is 0 Å². The van der Waals surface area contributed by atoms with Crippen LogP contribution in [0.2, 0.25) is 0 Å². The molecule has 0 bridgehead atoms. The van der Waals surface area contributed by atoms with Crippen molar-refractivity contribution in [2.24, 2.45) is 0 Å². The van der Waals surface area contributed by atoms with Gasteiger partial charge in [-0.1, -0.05) is 6.08 Å². The Morgan fingerprint density at radius 1 is 0.300 bits per heavy atom. The average molecular weight is 605 g/mol. The smallest absolute Gasteiger partial charge is 0.0704 e. The number of ether oxygens (including phenoxy) is 12. The summed E-state index contributed by atoms with van der Waals surface area (Å²) in [4.78, 5) is 0. The molecule has 40 heavy (non-hydrogen) atoms. The zero-order chi connectivity index (χ0) is 28.9. The maximum atomic E-state index is 5.50. The molecule has 12 nitrogen and oxygen atoms in total. The van der Waals surface area contributed by atoms with E-state index in [0.717, 1.165) is 0 Å². The number of hydrogen-bond acceptors (Lipinski definition) is 12. The van der Waals surface area contributed by atoms with Gasteiger partial charge >= 0.3 is 0 Å². The lowest BCUT2D eigenvalue weighted by Gasteiger charge is -2.09. The standard InChI is InChI=1S/C27H53ClO12/c1-2-4-29-6-8-31-10-12-33-14-16-35-18-20-37-22-24-39-26-27-40-25-23-38-21-19-36-17-15-34-13-11-32-9-7-30-5-3-28/h2H,1,3-27H2. The molecule has 0 aromatic rings. The second-order valence-corrected chi connectivity index (χ2v) is 8.17. The summed E-state index contributed by atoms with van der Waals surface area (Å²) in [5, 5.41) is 0. The van der Waals surface area contributed by atoms with Gasteiger partial charge in [-0.3, -0.25) is 0 Å². The number of alkyl halides is 1. The van der Waals surface area contributed by atoms with Crippen LogP contribution in [0.5, 0.6) is 0 Å². The highest BCUT2D eigenvalue weighted by Gasteiger charge is 1.96. The van der Waals surface area contributed by atoms with Crippen molar-refractivity contribution in [1.82, 2.24) is 0 Å². The molecule has 0 aliphatic rings. The van der Waals surface area contributed by atoms with E-state index in [1.807, 2.05) is 0 Å². The van der Waals surface area contributed by atoms with Gasteiger partial charge in [-0.15, -0.1) is 18.2 Å². The van der Waals surface area contributed by atoms with Crippen molar-refractivity contribution < 1.29 is 56.8 Å². The largest absolute Gasteiger partial charge is 0.378 e. The van der Waals surface area contributed by atoms with Crippen LogP contribution in [0.15, 0.2) is 12.7 Å². The van der Waals surface area contributed by atoms with Gasteiger partial charge in [0.2, 0.25) is 0 Å². The highest BCUT2D eigenvalue weighted by molar-refractivity contribution is 6.17. The molecular weight excluding hydrogens is 552 g/mol. The lowest BCUT2D eigenvalue weighted by atomic mass is 10.6. The first-order valence-corrected chi connectivity index (χ1v) is 14.5. The molecule has 0 fully saturated rings. The first kappa shape index (κ1) is 39.5. The third kappa shape index (κ3) is 37.6. The minimum Gasteiger partial charge on any atom is -0.378 e. The highest BCUT2D eigenvalue weighted by atomic mass is 35.5. The molecule has 13 heteroatoms. The molecule has 0 aromatic heterocycles. The zero-order valence-electron chi connectivity index (χ0n) is 24.2. The Hall–Kier alpha value is -0.450. The summed E-state index contributed by atoms with van der Waals surface area (Å²) in [5.41, 5.74) is 0. The van der Waals surface area contributed by atoms with Crippen LogP contribution in [0.1, 0.15) is 0 Å². The molecule has 0 N–H and O–H groups in total. The van der Waals surface area contributed by atoms with Crippen LogP contribution in [0.4, 0.5) is 0 Å². The van der Waals surface area contributed by atoms with Gasteiger partial charge in [0.1, 0.15) is 0 Å². The molecule has 0 saturated heterocycles. The SMILES string of the molecule is C=CCOCCOCCOCCOCCOCCOCCOCCOCCOCCOCCOCCOCCCl. The Kier molecular flexibility index (Phi) is 38.1. The van der Waals surface area contributed by atoms with Crippen molar-refractivity contribution in [2.75, 3.05) is 164 Å². The van der Waals surface area contributed by atoms with E-state index in [4.69, 9.17) is 68.4 Å². The van der Waals surface area contributed by atoms with E-state index in [9.17, 15) is 0 Å². The fourth-order valence-corrected chi connectivity index (χ4v) is 2.75. The van der Waals surface area contributed by atoms with E-state index in [1.54, 1.807) is 6.08 Å². The monoisotopic (exact) mass is 604 g/mol. The molecule has 0 saturated carbocycles. The van der Waals surface area contributed by atoms with Gasteiger partial charge in [-0.25, -0.2) is 0 Å². The summed E-state index contributed by atoms with van der Waals surface area (Å²) in [6.07, 6.45) is 1.71. The summed E-state index contributed by atoms with van der Waals surface area (Å²) < 4.78 is 64.7. The quantitative estimate of drug-likeness (QED) is 0.0583. The maximum absolute atomic E-state index is 5.50. The lowest BCUT2D eigenvalue weighted by molar-refractivity contribution is -0.0280. The van der Waals surface area contributed by atoms with Crippen LogP contribution in [0.25, 0.3) is 0 Å². The Balaban J connectivity index is 3.02. The molecule has 0 heterocycles. The summed E-state index contributed by atoms with van der Waals surface area (Å²) in [5.74, 6) is 0.498. The Labute approximate surface area is 245 Å². The summed E-state index contributed by atoms with van der Waals surface area (Å²) >= 11 is 5.50. The maximum Gasteiger partial charge on any atom is 0.0704 e. The Morgan fingerprint density at radius 3 is 0.650 bits per heavy atom. The van der Waals surface area contributed by atoms with E-state index < -0.39 is 0 Å². The van der Waals surface area contributed by atoms with Crippen LogP contribution < -0.4 is 0 Å². The predicted octanol–water partition coefficient (Wildman–Crippen LogP) is 1.61. The van der Waals surface area contributed by atoms with Gasteiger partial charge in [-0.2, -0.15) is 0 Å². The molecule has 0 aliphatic carbocycles. The van der Waals surface area contributed by atoms with E-state index in [2.05, 4.69) is 6.58 Å². The second kappa shape index (κ2) is 38.5. The molecule has 0 radical (unpaired) electrons. The molecular formula is C27H53ClO12. The zero-order valence-corrected chi connectivity index (χ0v) is 25.0. The van der Waals surface area contributed by atoms with Crippen LogP contribution >= 0.6 is 11.6 Å². The highest BCUT2D eigenvalue weighted by Crippen LogP contribution is 1.87. The third-order valence-electron chi connectivity index (χ3n) is 4.55. The number of halogens is 1. The predicted molar refractivity (Wildman–Crippen MR) is 151 cm³/mol.